The van der Waals surface area contributed by atoms with Crippen LogP contribution >= 0.6 is 0 Å². The first-order valence-corrected chi connectivity index (χ1v) is 18.3. The van der Waals surface area contributed by atoms with Gasteiger partial charge in [0.2, 0.25) is 0 Å². The van der Waals surface area contributed by atoms with Crippen LogP contribution in [0.15, 0.2) is 30.3 Å². The van der Waals surface area contributed by atoms with Crippen molar-refractivity contribution in [3.8, 4) is 17.5 Å². The van der Waals surface area contributed by atoms with E-state index in [-0.39, 0.29) is 17.5 Å². The standard InChI is InChI=1S/C33H39F2N5OSi/c1-6-7-8-25-20-27-26-18-24(34)19-28(35)31(26)37-32(27)33(40(25)30(41)11-16-42(3,4)5)22-9-10-29(23(17-22)21-36)39-14-12-38(2)13-15-39/h9-10,17-19,25,33,37H,6-8,12-15,20H2,1-5H3/t25-,33-/m0/s1. The molecule has 1 amide bonds. The lowest BCUT2D eigenvalue weighted by Crippen LogP contribution is -2.47. The van der Waals surface area contributed by atoms with Gasteiger partial charge in [0.05, 0.1) is 22.8 Å². The van der Waals surface area contributed by atoms with Crippen molar-refractivity contribution >= 4 is 30.6 Å². The predicted molar refractivity (Wildman–Crippen MR) is 166 cm³/mol. The van der Waals surface area contributed by atoms with Gasteiger partial charge in [0.1, 0.15) is 25.8 Å². The molecule has 3 heterocycles. The van der Waals surface area contributed by atoms with Crippen LogP contribution in [0.2, 0.25) is 19.6 Å². The summed E-state index contributed by atoms with van der Waals surface area (Å²) in [6.07, 6.45) is 3.06. The number of unbranched alkanes of at least 4 members (excludes halogenated alkanes) is 1. The number of nitriles is 1. The number of rotatable bonds is 5. The van der Waals surface area contributed by atoms with Crippen LogP contribution in [-0.4, -0.2) is 68.0 Å². The van der Waals surface area contributed by atoms with Crippen molar-refractivity contribution in [1.29, 1.82) is 5.26 Å². The van der Waals surface area contributed by atoms with E-state index < -0.39 is 25.8 Å². The molecule has 2 aromatic carbocycles. The summed E-state index contributed by atoms with van der Waals surface area (Å²) in [6.45, 7) is 11.9. The van der Waals surface area contributed by atoms with Crippen molar-refractivity contribution in [2.45, 2.75) is 64.3 Å². The maximum absolute atomic E-state index is 15.1. The number of anilines is 1. The molecular weight excluding hydrogens is 548 g/mol. The van der Waals surface area contributed by atoms with Gasteiger partial charge >= 0.3 is 0 Å². The summed E-state index contributed by atoms with van der Waals surface area (Å²) in [6, 6.07) is 9.61. The fourth-order valence-corrected chi connectivity index (χ4v) is 6.65. The summed E-state index contributed by atoms with van der Waals surface area (Å²) in [5.41, 5.74) is 7.09. The van der Waals surface area contributed by atoms with E-state index in [0.717, 1.165) is 68.3 Å². The zero-order valence-electron chi connectivity index (χ0n) is 25.2. The van der Waals surface area contributed by atoms with Gasteiger partial charge in [-0.3, -0.25) is 4.79 Å². The van der Waals surface area contributed by atoms with Crippen molar-refractivity contribution in [3.63, 3.8) is 0 Å². The lowest BCUT2D eigenvalue weighted by molar-refractivity contribution is -0.130. The Hall–Kier alpha value is -3.66. The molecule has 0 radical (unpaired) electrons. The minimum atomic E-state index is -1.85. The van der Waals surface area contributed by atoms with E-state index in [4.69, 9.17) is 0 Å². The van der Waals surface area contributed by atoms with Crippen LogP contribution < -0.4 is 4.90 Å². The normalized spacial score (nSPS) is 19.3. The SMILES string of the molecule is CCCC[C@H]1Cc2c([nH]c3c(F)cc(F)cc23)[C@H](c2ccc(N3CCN(C)CC3)c(C#N)c2)N1C(=O)C#C[Si](C)(C)C. The molecular formula is C33H39F2N5OSi. The third-order valence-electron chi connectivity index (χ3n) is 8.32. The third-order valence-corrected chi connectivity index (χ3v) is 9.20. The molecule has 1 fully saturated rings. The molecule has 5 rings (SSSR count). The quantitative estimate of drug-likeness (QED) is 0.295. The van der Waals surface area contributed by atoms with Crippen molar-refractivity contribution in [2.75, 3.05) is 38.1 Å². The summed E-state index contributed by atoms with van der Waals surface area (Å²) in [5.74, 6) is 1.38. The predicted octanol–water partition coefficient (Wildman–Crippen LogP) is 5.98. The Kier molecular flexibility index (Phi) is 8.46. The molecule has 1 N–H and O–H groups in total. The molecule has 9 heteroatoms. The summed E-state index contributed by atoms with van der Waals surface area (Å²) in [7, 11) is 0.240. The maximum Gasteiger partial charge on any atom is 0.298 e. The number of hydrogen-bond donors (Lipinski definition) is 1. The van der Waals surface area contributed by atoms with Crippen LogP contribution in [0, 0.1) is 34.4 Å². The minimum Gasteiger partial charge on any atom is -0.368 e. The van der Waals surface area contributed by atoms with Crippen molar-refractivity contribution in [3.05, 3.63) is 64.4 Å². The van der Waals surface area contributed by atoms with Gasteiger partial charge in [0, 0.05) is 49.4 Å². The van der Waals surface area contributed by atoms with Crippen molar-refractivity contribution in [1.82, 2.24) is 14.8 Å². The molecule has 6 nitrogen and oxygen atoms in total. The van der Waals surface area contributed by atoms with E-state index in [1.165, 1.54) is 6.07 Å². The number of benzene rings is 2. The van der Waals surface area contributed by atoms with Crippen LogP contribution in [0.25, 0.3) is 10.9 Å². The number of likely N-dealkylation sites (N-methyl/N-ethyl adjacent to an activating group) is 1. The zero-order valence-corrected chi connectivity index (χ0v) is 26.2. The smallest absolute Gasteiger partial charge is 0.298 e. The fraction of sp³-hybridized carbons (Fsp3) is 0.455. The minimum absolute atomic E-state index is 0.209. The number of halogens is 2. The van der Waals surface area contributed by atoms with E-state index >= 15 is 4.39 Å². The molecule has 0 bridgehead atoms. The first kappa shape index (κ1) is 29.8. The van der Waals surface area contributed by atoms with Crippen LogP contribution in [-0.2, 0) is 11.2 Å². The van der Waals surface area contributed by atoms with Gasteiger partial charge < -0.3 is 19.7 Å². The number of hydrogen-bond acceptors (Lipinski definition) is 4. The molecule has 0 aliphatic carbocycles. The highest BCUT2D eigenvalue weighted by molar-refractivity contribution is 6.84. The van der Waals surface area contributed by atoms with Gasteiger partial charge in [0.15, 0.2) is 0 Å². The molecule has 1 saturated heterocycles. The second kappa shape index (κ2) is 11.9. The number of piperazine rings is 1. The maximum atomic E-state index is 15.1. The molecule has 220 valence electrons. The number of carbonyl (C=O) groups excluding carboxylic acids is 1. The molecule has 0 spiro atoms. The van der Waals surface area contributed by atoms with Crippen LogP contribution in [0.5, 0.6) is 0 Å². The molecule has 2 aliphatic heterocycles. The van der Waals surface area contributed by atoms with E-state index in [2.05, 4.69) is 65.9 Å². The summed E-state index contributed by atoms with van der Waals surface area (Å²) < 4.78 is 29.5. The van der Waals surface area contributed by atoms with Gasteiger partial charge in [0.25, 0.3) is 5.91 Å². The average molecular weight is 588 g/mol. The third kappa shape index (κ3) is 5.95. The number of aromatic amines is 1. The molecule has 3 aromatic rings. The van der Waals surface area contributed by atoms with Crippen LogP contribution in [0.4, 0.5) is 14.5 Å². The van der Waals surface area contributed by atoms with Gasteiger partial charge in [-0.05, 0) is 55.1 Å². The van der Waals surface area contributed by atoms with Crippen molar-refractivity contribution in [2.24, 2.45) is 0 Å². The number of carbonyl (C=O) groups is 1. The molecule has 2 atom stereocenters. The van der Waals surface area contributed by atoms with E-state index in [1.807, 2.05) is 23.1 Å². The molecule has 2 aliphatic rings. The van der Waals surface area contributed by atoms with Gasteiger partial charge in [-0.15, -0.1) is 5.54 Å². The first-order chi connectivity index (χ1) is 20.0. The monoisotopic (exact) mass is 587 g/mol. The molecule has 0 saturated carbocycles. The number of nitrogens with one attached hydrogen (secondary N) is 1. The lowest BCUT2D eigenvalue weighted by Gasteiger charge is -2.42. The average Bonchev–Trinajstić information content (AvgIpc) is 3.32. The highest BCUT2D eigenvalue weighted by Gasteiger charge is 2.40. The summed E-state index contributed by atoms with van der Waals surface area (Å²) in [4.78, 5) is 23.6. The molecule has 1 aromatic heterocycles. The topological polar surface area (TPSA) is 66.4 Å². The Balaban J connectivity index is 1.70. The second-order valence-corrected chi connectivity index (χ2v) is 17.4. The van der Waals surface area contributed by atoms with Crippen LogP contribution in [0.3, 0.4) is 0 Å². The number of H-pyrrole nitrogens is 1. The highest BCUT2D eigenvalue weighted by atomic mass is 28.3. The summed E-state index contributed by atoms with van der Waals surface area (Å²) in [5, 5.41) is 10.7. The molecule has 42 heavy (non-hydrogen) atoms. The highest BCUT2D eigenvalue weighted by Crippen LogP contribution is 2.43. The van der Waals surface area contributed by atoms with Gasteiger partial charge in [-0.2, -0.15) is 5.26 Å². The Bertz CT molecular complexity index is 1600. The number of aromatic nitrogens is 1. The Labute approximate surface area is 248 Å². The first-order valence-electron chi connectivity index (χ1n) is 14.8. The van der Waals surface area contributed by atoms with E-state index in [9.17, 15) is 14.4 Å². The van der Waals surface area contributed by atoms with Crippen molar-refractivity contribution < 1.29 is 13.6 Å². The Morgan fingerprint density at radius 2 is 1.86 bits per heavy atom. The van der Waals surface area contributed by atoms with Gasteiger partial charge in [-0.1, -0.05) is 45.5 Å². The van der Waals surface area contributed by atoms with Gasteiger partial charge in [-0.25, -0.2) is 8.78 Å². The number of fused-ring (bicyclic) bond motifs is 3. The second-order valence-electron chi connectivity index (χ2n) is 12.6. The van der Waals surface area contributed by atoms with E-state index in [1.54, 1.807) is 0 Å². The van der Waals surface area contributed by atoms with Crippen LogP contribution in [0.1, 0.15) is 54.6 Å². The summed E-state index contributed by atoms with van der Waals surface area (Å²) >= 11 is 0. The fourth-order valence-electron chi connectivity index (χ4n) is 6.16. The Morgan fingerprint density at radius 3 is 2.52 bits per heavy atom. The largest absolute Gasteiger partial charge is 0.368 e. The Morgan fingerprint density at radius 1 is 1.12 bits per heavy atom. The zero-order chi connectivity index (χ0) is 30.2. The molecule has 0 unspecified atom stereocenters. The number of amides is 1. The lowest BCUT2D eigenvalue weighted by atomic mass is 9.85. The van der Waals surface area contributed by atoms with E-state index in [0.29, 0.717) is 23.1 Å². The number of nitrogens with zero attached hydrogens (tertiary/aromatic N) is 4.